The normalized spacial score (nSPS) is 11.9. The van der Waals surface area contributed by atoms with Crippen molar-refractivity contribution < 1.29 is 19.8 Å². The number of nitrogens with one attached hydrogen (secondary N) is 1. The van der Waals surface area contributed by atoms with E-state index in [4.69, 9.17) is 10.2 Å². The molecule has 110 valence electrons. The average molecular weight is 297 g/mol. The molecule has 1 amide bonds. The smallest absolute Gasteiger partial charge is 0.332 e. The molecule has 0 fully saturated rings. The van der Waals surface area contributed by atoms with Gasteiger partial charge in [0.2, 0.25) is 5.91 Å². The van der Waals surface area contributed by atoms with Gasteiger partial charge < -0.3 is 15.5 Å². The third-order valence-electron chi connectivity index (χ3n) is 2.73. The molecule has 0 radical (unpaired) electrons. The van der Waals surface area contributed by atoms with Crippen LogP contribution in [0.1, 0.15) is 17.5 Å². The molecule has 1 aromatic carbocycles. The maximum atomic E-state index is 11.6. The van der Waals surface area contributed by atoms with E-state index in [0.29, 0.717) is 0 Å². The summed E-state index contributed by atoms with van der Waals surface area (Å²) >= 11 is 1.44. The van der Waals surface area contributed by atoms with Crippen LogP contribution in [0.3, 0.4) is 0 Å². The number of carboxylic acids is 1. The van der Waals surface area contributed by atoms with Crippen LogP contribution < -0.4 is 5.32 Å². The summed E-state index contributed by atoms with van der Waals surface area (Å²) in [6.45, 7) is 4.14. The SMILES string of the molecule is Cc1ccc(C)c(SCC(=O)NCCC(O)C(=O)O)c1. The van der Waals surface area contributed by atoms with Crippen LogP contribution in [0.25, 0.3) is 0 Å². The van der Waals surface area contributed by atoms with E-state index in [1.54, 1.807) is 0 Å². The fraction of sp³-hybridized carbons (Fsp3) is 0.429. The molecule has 1 rings (SSSR count). The number of benzene rings is 1. The molecule has 0 saturated heterocycles. The van der Waals surface area contributed by atoms with E-state index < -0.39 is 12.1 Å². The van der Waals surface area contributed by atoms with E-state index in [2.05, 4.69) is 5.32 Å². The summed E-state index contributed by atoms with van der Waals surface area (Å²) in [5.41, 5.74) is 2.26. The summed E-state index contributed by atoms with van der Waals surface area (Å²) < 4.78 is 0. The Balaban J connectivity index is 2.33. The van der Waals surface area contributed by atoms with Gasteiger partial charge in [-0.2, -0.15) is 0 Å². The monoisotopic (exact) mass is 297 g/mol. The second-order valence-corrected chi connectivity index (χ2v) is 5.57. The summed E-state index contributed by atoms with van der Waals surface area (Å²) in [5, 5.41) is 20.1. The molecule has 1 atom stereocenters. The van der Waals surface area contributed by atoms with Crippen LogP contribution in [0.5, 0.6) is 0 Å². The van der Waals surface area contributed by atoms with Crippen molar-refractivity contribution in [3.05, 3.63) is 29.3 Å². The molecule has 1 aromatic rings. The van der Waals surface area contributed by atoms with Crippen molar-refractivity contribution in [2.24, 2.45) is 0 Å². The zero-order chi connectivity index (χ0) is 15.1. The third kappa shape index (κ3) is 5.63. The molecule has 0 saturated carbocycles. The number of aliphatic hydroxyl groups is 1. The van der Waals surface area contributed by atoms with Gasteiger partial charge in [0.15, 0.2) is 6.10 Å². The highest BCUT2D eigenvalue weighted by Gasteiger charge is 2.13. The Morgan fingerprint density at radius 2 is 2.05 bits per heavy atom. The largest absolute Gasteiger partial charge is 0.479 e. The second-order valence-electron chi connectivity index (χ2n) is 4.55. The molecule has 5 nitrogen and oxygen atoms in total. The van der Waals surface area contributed by atoms with E-state index >= 15 is 0 Å². The summed E-state index contributed by atoms with van der Waals surface area (Å²) in [5.74, 6) is -1.18. The van der Waals surface area contributed by atoms with Crippen LogP contribution in [0.15, 0.2) is 23.1 Å². The summed E-state index contributed by atoms with van der Waals surface area (Å²) in [6.07, 6.45) is -1.42. The zero-order valence-electron chi connectivity index (χ0n) is 11.5. The molecular weight excluding hydrogens is 278 g/mol. The fourth-order valence-electron chi connectivity index (χ4n) is 1.53. The fourth-order valence-corrected chi connectivity index (χ4v) is 2.48. The first-order valence-corrected chi connectivity index (χ1v) is 7.26. The number of rotatable bonds is 7. The van der Waals surface area contributed by atoms with E-state index in [1.165, 1.54) is 11.8 Å². The number of aryl methyl sites for hydroxylation is 2. The maximum Gasteiger partial charge on any atom is 0.332 e. The first kappa shape index (κ1) is 16.5. The Hall–Kier alpha value is -1.53. The lowest BCUT2D eigenvalue weighted by atomic mass is 10.2. The molecule has 0 spiro atoms. The van der Waals surface area contributed by atoms with Crippen LogP contribution in [-0.4, -0.2) is 40.5 Å². The lowest BCUT2D eigenvalue weighted by Gasteiger charge is -2.09. The van der Waals surface area contributed by atoms with Gasteiger partial charge in [-0.25, -0.2) is 4.79 Å². The van der Waals surface area contributed by atoms with Crippen LogP contribution in [0.2, 0.25) is 0 Å². The Bertz CT molecular complexity index is 490. The number of carbonyl (C=O) groups excluding carboxylic acids is 1. The van der Waals surface area contributed by atoms with Gasteiger partial charge in [-0.15, -0.1) is 11.8 Å². The summed E-state index contributed by atoms with van der Waals surface area (Å²) in [7, 11) is 0. The van der Waals surface area contributed by atoms with Gasteiger partial charge in [0.1, 0.15) is 0 Å². The van der Waals surface area contributed by atoms with Gasteiger partial charge in [0.05, 0.1) is 5.75 Å². The van der Waals surface area contributed by atoms with E-state index in [1.807, 2.05) is 32.0 Å². The van der Waals surface area contributed by atoms with Crippen LogP contribution in [0, 0.1) is 13.8 Å². The van der Waals surface area contributed by atoms with Crippen molar-refractivity contribution in [2.75, 3.05) is 12.3 Å². The van der Waals surface area contributed by atoms with Crippen molar-refractivity contribution in [1.29, 1.82) is 0 Å². The number of carbonyl (C=O) groups is 2. The molecule has 6 heteroatoms. The van der Waals surface area contributed by atoms with E-state index in [9.17, 15) is 9.59 Å². The van der Waals surface area contributed by atoms with Crippen molar-refractivity contribution in [1.82, 2.24) is 5.32 Å². The van der Waals surface area contributed by atoms with E-state index in [-0.39, 0.29) is 24.6 Å². The molecular formula is C14H19NO4S. The first-order valence-electron chi connectivity index (χ1n) is 6.27. The quantitative estimate of drug-likeness (QED) is 0.661. The van der Waals surface area contributed by atoms with Gasteiger partial charge in [-0.05, 0) is 25.5 Å². The minimum absolute atomic E-state index is 0.00914. The molecule has 0 heterocycles. The van der Waals surface area contributed by atoms with Crippen molar-refractivity contribution in [3.8, 4) is 0 Å². The van der Waals surface area contributed by atoms with Gasteiger partial charge in [-0.1, -0.05) is 17.7 Å². The summed E-state index contributed by atoms with van der Waals surface area (Å²) in [6, 6.07) is 6.06. The highest BCUT2D eigenvalue weighted by molar-refractivity contribution is 8.00. The highest BCUT2D eigenvalue weighted by Crippen LogP contribution is 2.23. The first-order chi connectivity index (χ1) is 9.40. The Kier molecular flexibility index (Phi) is 6.54. The Labute approximate surface area is 122 Å². The Morgan fingerprint density at radius 1 is 1.35 bits per heavy atom. The molecule has 0 bridgehead atoms. The maximum absolute atomic E-state index is 11.6. The van der Waals surface area contributed by atoms with Crippen LogP contribution in [-0.2, 0) is 9.59 Å². The lowest BCUT2D eigenvalue weighted by molar-refractivity contribution is -0.147. The number of aliphatic hydroxyl groups excluding tert-OH is 1. The zero-order valence-corrected chi connectivity index (χ0v) is 12.4. The number of hydrogen-bond donors (Lipinski definition) is 3. The molecule has 0 aliphatic carbocycles. The molecule has 0 aromatic heterocycles. The minimum Gasteiger partial charge on any atom is -0.479 e. The van der Waals surface area contributed by atoms with Gasteiger partial charge in [-0.3, -0.25) is 4.79 Å². The van der Waals surface area contributed by atoms with Crippen molar-refractivity contribution in [3.63, 3.8) is 0 Å². The molecule has 1 unspecified atom stereocenters. The molecule has 0 aliphatic rings. The van der Waals surface area contributed by atoms with Crippen LogP contribution in [0.4, 0.5) is 0 Å². The summed E-state index contributed by atoms with van der Waals surface area (Å²) in [4.78, 5) is 23.1. The molecule has 3 N–H and O–H groups in total. The van der Waals surface area contributed by atoms with Crippen LogP contribution >= 0.6 is 11.8 Å². The number of carboxylic acid groups (broad SMARTS) is 1. The third-order valence-corrected chi connectivity index (χ3v) is 3.88. The predicted octanol–water partition coefficient (Wildman–Crippen LogP) is 1.35. The molecule has 20 heavy (non-hydrogen) atoms. The lowest BCUT2D eigenvalue weighted by Crippen LogP contribution is -2.31. The van der Waals surface area contributed by atoms with E-state index in [0.717, 1.165) is 16.0 Å². The number of amides is 1. The Morgan fingerprint density at radius 3 is 2.70 bits per heavy atom. The van der Waals surface area contributed by atoms with Crippen molar-refractivity contribution >= 4 is 23.6 Å². The standard InChI is InChI=1S/C14H19NO4S/c1-9-3-4-10(2)12(7-9)20-8-13(17)15-6-5-11(16)14(18)19/h3-4,7,11,16H,5-6,8H2,1-2H3,(H,15,17)(H,18,19). The average Bonchev–Trinajstić information content (AvgIpc) is 2.39. The van der Waals surface area contributed by atoms with Gasteiger partial charge in [0.25, 0.3) is 0 Å². The number of thioether (sulfide) groups is 1. The second kappa shape index (κ2) is 7.91. The topological polar surface area (TPSA) is 86.6 Å². The van der Waals surface area contributed by atoms with Crippen molar-refractivity contribution in [2.45, 2.75) is 31.3 Å². The highest BCUT2D eigenvalue weighted by atomic mass is 32.2. The van der Waals surface area contributed by atoms with Gasteiger partial charge in [0, 0.05) is 17.9 Å². The number of hydrogen-bond acceptors (Lipinski definition) is 4. The predicted molar refractivity (Wildman–Crippen MR) is 77.9 cm³/mol. The molecule has 0 aliphatic heterocycles. The van der Waals surface area contributed by atoms with Gasteiger partial charge >= 0.3 is 5.97 Å². The minimum atomic E-state index is -1.43. The number of aliphatic carboxylic acids is 1.